The number of aromatic nitrogens is 3. The maximum atomic E-state index is 10.8. The molecule has 1 aromatic carbocycles. The zero-order chi connectivity index (χ0) is 13.0. The van der Waals surface area contributed by atoms with Crippen LogP contribution in [0, 0.1) is 10.1 Å². The predicted octanol–water partition coefficient (Wildman–Crippen LogP) is 1.92. The molecule has 1 heterocycles. The highest BCUT2D eigenvalue weighted by molar-refractivity contribution is 6.30. The van der Waals surface area contributed by atoms with E-state index in [1.165, 1.54) is 18.5 Å². The van der Waals surface area contributed by atoms with Crippen LogP contribution in [-0.2, 0) is 6.54 Å². The molecule has 0 aliphatic rings. The smallest absolute Gasteiger partial charge is 0.312 e. The fourth-order valence-electron chi connectivity index (χ4n) is 1.35. The first-order valence-corrected chi connectivity index (χ1v) is 5.44. The lowest BCUT2D eigenvalue weighted by Crippen LogP contribution is -2.09. The van der Waals surface area contributed by atoms with Gasteiger partial charge in [0, 0.05) is 11.1 Å². The van der Waals surface area contributed by atoms with Crippen LogP contribution in [0.4, 0.5) is 5.69 Å². The highest BCUT2D eigenvalue weighted by Crippen LogP contribution is 2.29. The van der Waals surface area contributed by atoms with Gasteiger partial charge in [-0.05, 0) is 12.1 Å². The van der Waals surface area contributed by atoms with Crippen molar-refractivity contribution >= 4 is 17.3 Å². The lowest BCUT2D eigenvalue weighted by molar-refractivity contribution is -0.385. The molecule has 0 bridgehead atoms. The molecule has 0 radical (unpaired) electrons. The summed E-state index contributed by atoms with van der Waals surface area (Å²) in [5.74, 6) is 0.185. The molecule has 0 saturated carbocycles. The van der Waals surface area contributed by atoms with Crippen LogP contribution in [0.1, 0.15) is 0 Å². The first-order chi connectivity index (χ1) is 8.66. The minimum atomic E-state index is -0.531. The number of hydrogen-bond acceptors (Lipinski definition) is 5. The molecule has 0 unspecified atom stereocenters. The molecule has 0 atom stereocenters. The van der Waals surface area contributed by atoms with Gasteiger partial charge in [-0.2, -0.15) is 5.10 Å². The van der Waals surface area contributed by atoms with Crippen molar-refractivity contribution in [2.45, 2.75) is 6.54 Å². The van der Waals surface area contributed by atoms with Crippen molar-refractivity contribution in [2.75, 3.05) is 6.61 Å². The standard InChI is InChI=1S/C10H9ClN4O3/c11-8-1-2-10(9(5-8)15(16)17)18-4-3-14-7-12-6-13-14/h1-2,5-7H,3-4H2. The molecule has 0 aliphatic heterocycles. The third kappa shape index (κ3) is 2.95. The van der Waals surface area contributed by atoms with E-state index in [1.807, 2.05) is 0 Å². The Morgan fingerprint density at radius 1 is 1.50 bits per heavy atom. The van der Waals surface area contributed by atoms with Crippen LogP contribution in [-0.4, -0.2) is 26.3 Å². The largest absolute Gasteiger partial charge is 0.485 e. The summed E-state index contributed by atoms with van der Waals surface area (Å²) in [4.78, 5) is 14.0. The maximum absolute atomic E-state index is 10.8. The second kappa shape index (κ2) is 5.46. The van der Waals surface area contributed by atoms with Crippen molar-refractivity contribution < 1.29 is 9.66 Å². The van der Waals surface area contributed by atoms with Gasteiger partial charge in [-0.1, -0.05) is 11.6 Å². The molecule has 1 aromatic heterocycles. The Morgan fingerprint density at radius 3 is 3.00 bits per heavy atom. The summed E-state index contributed by atoms with van der Waals surface area (Å²) in [6.07, 6.45) is 2.95. The van der Waals surface area contributed by atoms with Crippen molar-refractivity contribution in [1.29, 1.82) is 0 Å². The van der Waals surface area contributed by atoms with Gasteiger partial charge in [0.15, 0.2) is 5.75 Å². The number of nitro groups is 1. The van der Waals surface area contributed by atoms with E-state index < -0.39 is 4.92 Å². The minimum absolute atomic E-state index is 0.152. The van der Waals surface area contributed by atoms with Gasteiger partial charge in [0.05, 0.1) is 11.5 Å². The van der Waals surface area contributed by atoms with Gasteiger partial charge in [0.25, 0.3) is 0 Å². The zero-order valence-corrected chi connectivity index (χ0v) is 9.95. The molecule has 0 saturated heterocycles. The Morgan fingerprint density at radius 2 is 2.33 bits per heavy atom. The monoisotopic (exact) mass is 268 g/mol. The summed E-state index contributed by atoms with van der Waals surface area (Å²) in [5.41, 5.74) is -0.152. The molecule has 0 aliphatic carbocycles. The molecule has 0 spiro atoms. The molecule has 18 heavy (non-hydrogen) atoms. The maximum Gasteiger partial charge on any atom is 0.312 e. The van der Waals surface area contributed by atoms with E-state index in [0.29, 0.717) is 11.6 Å². The summed E-state index contributed by atoms with van der Waals surface area (Å²) >= 11 is 5.69. The number of hydrogen-bond donors (Lipinski definition) is 0. The van der Waals surface area contributed by atoms with E-state index in [-0.39, 0.29) is 18.0 Å². The number of nitrogens with zero attached hydrogens (tertiary/aromatic N) is 4. The minimum Gasteiger partial charge on any atom is -0.485 e. The summed E-state index contributed by atoms with van der Waals surface area (Å²) in [5, 5.41) is 15.0. The topological polar surface area (TPSA) is 83.1 Å². The quantitative estimate of drug-likeness (QED) is 0.611. The van der Waals surface area contributed by atoms with Crippen molar-refractivity contribution in [1.82, 2.24) is 14.8 Å². The molecule has 2 rings (SSSR count). The van der Waals surface area contributed by atoms with Gasteiger partial charge < -0.3 is 4.74 Å². The molecule has 0 amide bonds. The zero-order valence-electron chi connectivity index (χ0n) is 9.19. The van der Waals surface area contributed by atoms with Crippen molar-refractivity contribution in [2.24, 2.45) is 0 Å². The van der Waals surface area contributed by atoms with Crippen LogP contribution in [0.5, 0.6) is 5.75 Å². The Balaban J connectivity index is 2.02. The van der Waals surface area contributed by atoms with Crippen LogP contribution in [0.2, 0.25) is 5.02 Å². The van der Waals surface area contributed by atoms with Crippen molar-refractivity contribution in [3.63, 3.8) is 0 Å². The van der Waals surface area contributed by atoms with E-state index in [0.717, 1.165) is 0 Å². The predicted molar refractivity (Wildman–Crippen MR) is 63.6 cm³/mol. The first kappa shape index (κ1) is 12.3. The molecular formula is C10H9ClN4O3. The molecular weight excluding hydrogens is 260 g/mol. The van der Waals surface area contributed by atoms with E-state index in [9.17, 15) is 10.1 Å². The second-order valence-corrected chi connectivity index (χ2v) is 3.81. The first-order valence-electron chi connectivity index (χ1n) is 5.06. The Bertz CT molecular complexity index is 544. The fourth-order valence-corrected chi connectivity index (χ4v) is 1.52. The van der Waals surface area contributed by atoms with Gasteiger partial charge in [-0.25, -0.2) is 9.67 Å². The van der Waals surface area contributed by atoms with E-state index in [1.54, 1.807) is 17.1 Å². The SMILES string of the molecule is O=[N+]([O-])c1cc(Cl)ccc1OCCn1cncn1. The summed E-state index contributed by atoms with van der Waals surface area (Å²) < 4.78 is 6.91. The normalized spacial score (nSPS) is 10.3. The van der Waals surface area contributed by atoms with Crippen LogP contribution in [0.15, 0.2) is 30.9 Å². The van der Waals surface area contributed by atoms with Crippen LogP contribution in [0.25, 0.3) is 0 Å². The van der Waals surface area contributed by atoms with Crippen LogP contribution in [0.3, 0.4) is 0 Å². The number of ether oxygens (including phenoxy) is 1. The summed E-state index contributed by atoms with van der Waals surface area (Å²) in [7, 11) is 0. The van der Waals surface area contributed by atoms with E-state index in [4.69, 9.17) is 16.3 Å². The van der Waals surface area contributed by atoms with Crippen molar-refractivity contribution in [3.8, 4) is 5.75 Å². The number of nitro benzene ring substituents is 1. The average molecular weight is 269 g/mol. The molecule has 0 fully saturated rings. The highest BCUT2D eigenvalue weighted by atomic mass is 35.5. The Kier molecular flexibility index (Phi) is 3.73. The van der Waals surface area contributed by atoms with Crippen LogP contribution < -0.4 is 4.74 Å². The second-order valence-electron chi connectivity index (χ2n) is 3.38. The molecule has 0 N–H and O–H groups in total. The van der Waals surface area contributed by atoms with E-state index >= 15 is 0 Å². The Hall–Kier alpha value is -2.15. The third-order valence-corrected chi connectivity index (χ3v) is 2.40. The highest BCUT2D eigenvalue weighted by Gasteiger charge is 2.15. The molecule has 8 heteroatoms. The van der Waals surface area contributed by atoms with Gasteiger partial charge in [0.1, 0.15) is 19.3 Å². The summed E-state index contributed by atoms with van der Waals surface area (Å²) in [6, 6.07) is 4.27. The third-order valence-electron chi connectivity index (χ3n) is 2.16. The lowest BCUT2D eigenvalue weighted by Gasteiger charge is -2.06. The number of benzene rings is 1. The molecule has 2 aromatic rings. The molecule has 7 nitrogen and oxygen atoms in total. The van der Waals surface area contributed by atoms with Gasteiger partial charge in [0.2, 0.25) is 0 Å². The number of halogens is 1. The summed E-state index contributed by atoms with van der Waals surface area (Å²) in [6.45, 7) is 0.714. The van der Waals surface area contributed by atoms with Gasteiger partial charge >= 0.3 is 5.69 Å². The van der Waals surface area contributed by atoms with Gasteiger partial charge in [-0.3, -0.25) is 10.1 Å². The fraction of sp³-hybridized carbons (Fsp3) is 0.200. The van der Waals surface area contributed by atoms with Crippen LogP contribution >= 0.6 is 11.6 Å². The Labute approximate surface area is 107 Å². The van der Waals surface area contributed by atoms with Gasteiger partial charge in [-0.15, -0.1) is 0 Å². The number of rotatable bonds is 5. The average Bonchev–Trinajstić information content (AvgIpc) is 2.84. The molecule has 94 valence electrons. The van der Waals surface area contributed by atoms with E-state index in [2.05, 4.69) is 10.1 Å². The van der Waals surface area contributed by atoms with Crippen molar-refractivity contribution in [3.05, 3.63) is 46.0 Å². The lowest BCUT2D eigenvalue weighted by atomic mass is 10.3.